The van der Waals surface area contributed by atoms with Crippen molar-refractivity contribution in [3.8, 4) is 0 Å². The van der Waals surface area contributed by atoms with Crippen molar-refractivity contribution in [2.24, 2.45) is 0 Å². The van der Waals surface area contributed by atoms with Gasteiger partial charge in [-0.3, -0.25) is 10.1 Å². The first-order chi connectivity index (χ1) is 9.47. The van der Waals surface area contributed by atoms with Gasteiger partial charge in [-0.25, -0.2) is 4.79 Å². The molecule has 0 amide bonds. The minimum Gasteiger partial charge on any atom is -0.477 e. The molecule has 0 heterocycles. The number of rotatable bonds is 8. The van der Waals surface area contributed by atoms with Gasteiger partial charge in [0.05, 0.1) is 11.5 Å². The van der Waals surface area contributed by atoms with Gasteiger partial charge in [0.25, 0.3) is 5.69 Å². The number of nitro groups is 1. The summed E-state index contributed by atoms with van der Waals surface area (Å²) < 4.78 is 5.24. The third-order valence-corrected chi connectivity index (χ3v) is 2.75. The Morgan fingerprint density at radius 1 is 1.55 bits per heavy atom. The van der Waals surface area contributed by atoms with E-state index in [9.17, 15) is 14.9 Å². The van der Waals surface area contributed by atoms with Gasteiger partial charge in [-0.2, -0.15) is 0 Å². The van der Waals surface area contributed by atoms with Crippen LogP contribution in [0.2, 0.25) is 0 Å². The minimum absolute atomic E-state index is 0.0239. The lowest BCUT2D eigenvalue weighted by molar-refractivity contribution is -0.385. The number of carboxylic acids is 1. The number of ether oxygens (including phenoxy) is 1. The van der Waals surface area contributed by atoms with Gasteiger partial charge in [0.2, 0.25) is 0 Å². The van der Waals surface area contributed by atoms with Gasteiger partial charge in [0.15, 0.2) is 0 Å². The topological polar surface area (TPSA) is 102 Å². The van der Waals surface area contributed by atoms with Crippen LogP contribution in [-0.2, 0) is 11.3 Å². The SMILES string of the molecule is CCOCC(C)NCc1cccc([N+](=O)[O-])c1C(=O)O. The summed E-state index contributed by atoms with van der Waals surface area (Å²) in [4.78, 5) is 21.4. The van der Waals surface area contributed by atoms with Crippen molar-refractivity contribution >= 4 is 11.7 Å². The van der Waals surface area contributed by atoms with E-state index in [-0.39, 0.29) is 18.2 Å². The van der Waals surface area contributed by atoms with E-state index in [1.165, 1.54) is 12.1 Å². The number of nitrogens with zero attached hydrogens (tertiary/aromatic N) is 1. The van der Waals surface area contributed by atoms with Crippen LogP contribution in [0.25, 0.3) is 0 Å². The molecule has 0 radical (unpaired) electrons. The normalized spacial score (nSPS) is 12.1. The highest BCUT2D eigenvalue weighted by atomic mass is 16.6. The lowest BCUT2D eigenvalue weighted by Gasteiger charge is -2.14. The third-order valence-electron chi connectivity index (χ3n) is 2.75. The van der Waals surface area contributed by atoms with Gasteiger partial charge in [0.1, 0.15) is 5.56 Å². The Labute approximate surface area is 116 Å². The molecule has 1 rings (SSSR count). The quantitative estimate of drug-likeness (QED) is 0.557. The van der Waals surface area contributed by atoms with E-state index in [4.69, 9.17) is 9.84 Å². The van der Waals surface area contributed by atoms with Crippen molar-refractivity contribution in [3.05, 3.63) is 39.4 Å². The first-order valence-electron chi connectivity index (χ1n) is 6.28. The zero-order valence-electron chi connectivity index (χ0n) is 11.5. The molecule has 110 valence electrons. The van der Waals surface area contributed by atoms with Gasteiger partial charge in [-0.15, -0.1) is 0 Å². The number of carboxylic acid groups (broad SMARTS) is 1. The average molecular weight is 282 g/mol. The Kier molecular flexibility index (Phi) is 6.08. The van der Waals surface area contributed by atoms with E-state index in [1.54, 1.807) is 6.07 Å². The van der Waals surface area contributed by atoms with Gasteiger partial charge in [0, 0.05) is 25.3 Å². The number of hydrogen-bond acceptors (Lipinski definition) is 5. The van der Waals surface area contributed by atoms with Crippen molar-refractivity contribution in [3.63, 3.8) is 0 Å². The number of nitro benzene ring substituents is 1. The van der Waals surface area contributed by atoms with Gasteiger partial charge < -0.3 is 15.2 Å². The summed E-state index contributed by atoms with van der Waals surface area (Å²) in [6.07, 6.45) is 0. The van der Waals surface area contributed by atoms with Crippen LogP contribution in [0, 0.1) is 10.1 Å². The lowest BCUT2D eigenvalue weighted by atomic mass is 10.1. The second-order valence-electron chi connectivity index (χ2n) is 4.31. The summed E-state index contributed by atoms with van der Waals surface area (Å²) in [7, 11) is 0. The average Bonchev–Trinajstić information content (AvgIpc) is 2.41. The molecule has 1 aromatic rings. The molecule has 20 heavy (non-hydrogen) atoms. The summed E-state index contributed by atoms with van der Waals surface area (Å²) >= 11 is 0. The second-order valence-corrected chi connectivity index (χ2v) is 4.31. The maximum atomic E-state index is 11.2. The van der Waals surface area contributed by atoms with E-state index >= 15 is 0 Å². The van der Waals surface area contributed by atoms with Crippen LogP contribution in [0.3, 0.4) is 0 Å². The lowest BCUT2D eigenvalue weighted by Crippen LogP contribution is -2.30. The molecule has 0 aliphatic heterocycles. The van der Waals surface area contributed by atoms with Crippen LogP contribution < -0.4 is 5.32 Å². The van der Waals surface area contributed by atoms with Crippen molar-refractivity contribution in [2.45, 2.75) is 26.4 Å². The molecule has 7 nitrogen and oxygen atoms in total. The number of benzene rings is 1. The van der Waals surface area contributed by atoms with E-state index in [0.29, 0.717) is 18.8 Å². The monoisotopic (exact) mass is 282 g/mol. The molecule has 1 aromatic carbocycles. The highest BCUT2D eigenvalue weighted by Gasteiger charge is 2.23. The van der Waals surface area contributed by atoms with Crippen molar-refractivity contribution in [2.75, 3.05) is 13.2 Å². The predicted molar refractivity (Wildman–Crippen MR) is 72.9 cm³/mol. The molecule has 0 spiro atoms. The Hall–Kier alpha value is -1.99. The molecule has 0 aromatic heterocycles. The molecule has 0 aliphatic carbocycles. The first-order valence-corrected chi connectivity index (χ1v) is 6.28. The van der Waals surface area contributed by atoms with Gasteiger partial charge in [-0.1, -0.05) is 12.1 Å². The molecule has 0 fully saturated rings. The zero-order valence-corrected chi connectivity index (χ0v) is 11.5. The fourth-order valence-corrected chi connectivity index (χ4v) is 1.77. The maximum Gasteiger partial charge on any atom is 0.343 e. The predicted octanol–water partition coefficient (Wildman–Crippen LogP) is 1.81. The molecule has 1 unspecified atom stereocenters. The first kappa shape index (κ1) is 16.1. The van der Waals surface area contributed by atoms with Gasteiger partial charge in [-0.05, 0) is 19.4 Å². The molecular formula is C13H18N2O5. The van der Waals surface area contributed by atoms with E-state index in [0.717, 1.165) is 0 Å². The third kappa shape index (κ3) is 4.29. The van der Waals surface area contributed by atoms with Crippen LogP contribution >= 0.6 is 0 Å². The van der Waals surface area contributed by atoms with E-state index in [2.05, 4.69) is 5.32 Å². The van der Waals surface area contributed by atoms with E-state index in [1.807, 2.05) is 13.8 Å². The summed E-state index contributed by atoms with van der Waals surface area (Å²) in [5, 5.41) is 23.1. The fraction of sp³-hybridized carbons (Fsp3) is 0.462. The van der Waals surface area contributed by atoms with Crippen molar-refractivity contribution < 1.29 is 19.6 Å². The maximum absolute atomic E-state index is 11.2. The van der Waals surface area contributed by atoms with Crippen LogP contribution in [0.4, 0.5) is 5.69 Å². The highest BCUT2D eigenvalue weighted by Crippen LogP contribution is 2.22. The standard InChI is InChI=1S/C13H18N2O5/c1-3-20-8-9(2)14-7-10-5-4-6-11(15(18)19)12(10)13(16)17/h4-6,9,14H,3,7-8H2,1-2H3,(H,16,17). The summed E-state index contributed by atoms with van der Waals surface area (Å²) in [5.74, 6) is -1.30. The number of nitrogens with one attached hydrogen (secondary N) is 1. The Balaban J connectivity index is 2.87. The van der Waals surface area contributed by atoms with E-state index < -0.39 is 16.6 Å². The highest BCUT2D eigenvalue weighted by molar-refractivity contribution is 5.94. The molecule has 2 N–H and O–H groups in total. The fourth-order valence-electron chi connectivity index (χ4n) is 1.77. The molecule has 0 bridgehead atoms. The van der Waals surface area contributed by atoms with Crippen LogP contribution in [0.5, 0.6) is 0 Å². The van der Waals surface area contributed by atoms with Gasteiger partial charge >= 0.3 is 5.97 Å². The number of aromatic carboxylic acids is 1. The molecular weight excluding hydrogens is 264 g/mol. The summed E-state index contributed by atoms with van der Waals surface area (Å²) in [5.41, 5.74) is -0.280. The summed E-state index contributed by atoms with van der Waals surface area (Å²) in [6, 6.07) is 4.26. The Morgan fingerprint density at radius 3 is 2.80 bits per heavy atom. The number of hydrogen-bond donors (Lipinski definition) is 2. The zero-order chi connectivity index (χ0) is 15.1. The Bertz CT molecular complexity index is 490. The van der Waals surface area contributed by atoms with Crippen molar-refractivity contribution in [1.29, 1.82) is 0 Å². The largest absolute Gasteiger partial charge is 0.477 e. The van der Waals surface area contributed by atoms with Crippen LogP contribution in [-0.4, -0.2) is 35.3 Å². The molecule has 0 saturated heterocycles. The second kappa shape index (κ2) is 7.56. The summed E-state index contributed by atoms with van der Waals surface area (Å²) in [6.45, 7) is 5.11. The van der Waals surface area contributed by atoms with Crippen molar-refractivity contribution in [1.82, 2.24) is 5.32 Å². The Morgan fingerprint density at radius 2 is 2.25 bits per heavy atom. The molecule has 0 aliphatic rings. The molecule has 7 heteroatoms. The van der Waals surface area contributed by atoms with Crippen LogP contribution in [0.15, 0.2) is 18.2 Å². The smallest absolute Gasteiger partial charge is 0.343 e. The minimum atomic E-state index is -1.30. The molecule has 0 saturated carbocycles. The number of carbonyl (C=O) groups is 1. The van der Waals surface area contributed by atoms with Crippen LogP contribution in [0.1, 0.15) is 29.8 Å². The molecule has 1 atom stereocenters.